The number of hydrogen-bond acceptors (Lipinski definition) is 5. The van der Waals surface area contributed by atoms with Crippen LogP contribution in [0.5, 0.6) is 0 Å². The number of piperidine rings is 1. The Morgan fingerprint density at radius 2 is 2.14 bits per heavy atom. The molecule has 21 heavy (non-hydrogen) atoms. The van der Waals surface area contributed by atoms with Gasteiger partial charge in [0, 0.05) is 19.6 Å². The summed E-state index contributed by atoms with van der Waals surface area (Å²) in [5.74, 6) is 2.23. The molecule has 5 heteroatoms. The Balaban J connectivity index is 1.65. The molecule has 2 aromatic rings. The van der Waals surface area contributed by atoms with Crippen molar-refractivity contribution >= 4 is 11.8 Å². The van der Waals surface area contributed by atoms with Crippen molar-refractivity contribution in [2.45, 2.75) is 26.3 Å². The lowest BCUT2D eigenvalue weighted by molar-refractivity contribution is 0.444. The van der Waals surface area contributed by atoms with Crippen LogP contribution in [0.25, 0.3) is 0 Å². The highest BCUT2D eigenvalue weighted by Crippen LogP contribution is 2.21. The van der Waals surface area contributed by atoms with E-state index in [1.807, 2.05) is 18.2 Å². The highest BCUT2D eigenvalue weighted by atomic mass is 15.3. The van der Waals surface area contributed by atoms with Gasteiger partial charge >= 0.3 is 0 Å². The summed E-state index contributed by atoms with van der Waals surface area (Å²) < 4.78 is 0. The average molecular weight is 283 g/mol. The Hall–Kier alpha value is -2.17. The first kappa shape index (κ1) is 13.8. The molecule has 1 aliphatic heterocycles. The van der Waals surface area contributed by atoms with Crippen LogP contribution in [-0.2, 0) is 6.54 Å². The summed E-state index contributed by atoms with van der Waals surface area (Å²) in [4.78, 5) is 6.89. The van der Waals surface area contributed by atoms with Gasteiger partial charge in [0.2, 0.25) is 5.95 Å². The first-order valence-electron chi connectivity index (χ1n) is 7.54. The van der Waals surface area contributed by atoms with Gasteiger partial charge in [-0.1, -0.05) is 37.3 Å². The second-order valence-corrected chi connectivity index (χ2v) is 5.67. The highest BCUT2D eigenvalue weighted by Gasteiger charge is 2.18. The lowest BCUT2D eigenvalue weighted by Gasteiger charge is -2.31. The van der Waals surface area contributed by atoms with Crippen molar-refractivity contribution in [3.05, 3.63) is 42.1 Å². The first-order valence-corrected chi connectivity index (χ1v) is 7.54. The normalized spacial score (nSPS) is 18.5. The van der Waals surface area contributed by atoms with Crippen LogP contribution in [0, 0.1) is 5.92 Å². The van der Waals surface area contributed by atoms with Crippen molar-refractivity contribution in [3.8, 4) is 0 Å². The molecule has 1 fully saturated rings. The summed E-state index contributed by atoms with van der Waals surface area (Å²) in [7, 11) is 0. The van der Waals surface area contributed by atoms with Crippen LogP contribution in [0.3, 0.4) is 0 Å². The van der Waals surface area contributed by atoms with E-state index in [0.29, 0.717) is 12.5 Å². The van der Waals surface area contributed by atoms with Gasteiger partial charge in [-0.15, -0.1) is 5.10 Å². The van der Waals surface area contributed by atoms with E-state index in [0.717, 1.165) is 24.8 Å². The van der Waals surface area contributed by atoms with Crippen LogP contribution in [0.1, 0.15) is 25.3 Å². The minimum absolute atomic E-state index is 0.592. The quantitative estimate of drug-likeness (QED) is 0.935. The van der Waals surface area contributed by atoms with Gasteiger partial charge in [0.1, 0.15) is 0 Å². The Kier molecular flexibility index (Phi) is 4.28. The third-order valence-electron chi connectivity index (χ3n) is 3.82. The molecule has 3 rings (SSSR count). The number of nitrogens with zero attached hydrogens (tertiary/aromatic N) is 4. The van der Waals surface area contributed by atoms with Gasteiger partial charge in [0.25, 0.3) is 0 Å². The minimum Gasteiger partial charge on any atom is -0.355 e. The first-order chi connectivity index (χ1) is 10.3. The Morgan fingerprint density at radius 3 is 2.95 bits per heavy atom. The molecule has 0 saturated carbocycles. The molecule has 1 aliphatic rings. The SMILES string of the molecule is CC1CCCN(c2cnnc(NCc3ccccc3)n2)C1. The number of hydrogen-bond donors (Lipinski definition) is 1. The maximum Gasteiger partial charge on any atom is 0.244 e. The van der Waals surface area contributed by atoms with Gasteiger partial charge in [-0.25, -0.2) is 0 Å². The molecule has 0 bridgehead atoms. The van der Waals surface area contributed by atoms with Gasteiger partial charge in [-0.2, -0.15) is 10.1 Å². The zero-order valence-electron chi connectivity index (χ0n) is 12.4. The van der Waals surface area contributed by atoms with E-state index >= 15 is 0 Å². The molecule has 1 N–H and O–H groups in total. The molecule has 1 atom stereocenters. The summed E-state index contributed by atoms with van der Waals surface area (Å²) in [6, 6.07) is 10.2. The molecule has 5 nitrogen and oxygen atoms in total. The summed E-state index contributed by atoms with van der Waals surface area (Å²) >= 11 is 0. The molecule has 1 aromatic heterocycles. The third-order valence-corrected chi connectivity index (χ3v) is 3.82. The predicted molar refractivity (Wildman–Crippen MR) is 84.2 cm³/mol. The van der Waals surface area contributed by atoms with E-state index < -0.39 is 0 Å². The molecule has 0 radical (unpaired) electrons. The molecule has 0 spiro atoms. The van der Waals surface area contributed by atoms with E-state index in [2.05, 4.69) is 44.5 Å². The largest absolute Gasteiger partial charge is 0.355 e. The van der Waals surface area contributed by atoms with Crippen LogP contribution in [0.15, 0.2) is 36.5 Å². The number of aromatic nitrogens is 3. The van der Waals surface area contributed by atoms with Gasteiger partial charge < -0.3 is 10.2 Å². The number of nitrogens with one attached hydrogen (secondary N) is 1. The van der Waals surface area contributed by atoms with Crippen molar-refractivity contribution in [1.82, 2.24) is 15.2 Å². The van der Waals surface area contributed by atoms with Gasteiger partial charge in [-0.05, 0) is 24.3 Å². The zero-order chi connectivity index (χ0) is 14.5. The molecule has 110 valence electrons. The molecule has 2 heterocycles. The fourth-order valence-corrected chi connectivity index (χ4v) is 2.70. The monoisotopic (exact) mass is 283 g/mol. The van der Waals surface area contributed by atoms with Crippen molar-refractivity contribution in [2.24, 2.45) is 5.92 Å². The van der Waals surface area contributed by atoms with Crippen LogP contribution in [0.4, 0.5) is 11.8 Å². The van der Waals surface area contributed by atoms with Crippen LogP contribution >= 0.6 is 0 Å². The van der Waals surface area contributed by atoms with Crippen molar-refractivity contribution in [3.63, 3.8) is 0 Å². The van der Waals surface area contributed by atoms with E-state index in [9.17, 15) is 0 Å². The van der Waals surface area contributed by atoms with Crippen LogP contribution in [-0.4, -0.2) is 28.3 Å². The van der Waals surface area contributed by atoms with Crippen molar-refractivity contribution < 1.29 is 0 Å². The zero-order valence-corrected chi connectivity index (χ0v) is 12.4. The Labute approximate surface area is 125 Å². The standard InChI is InChI=1S/C16H21N5/c1-13-6-5-9-21(12-13)15-11-18-20-16(19-15)17-10-14-7-3-2-4-8-14/h2-4,7-8,11,13H,5-6,9-10,12H2,1H3,(H,17,19,20). The third kappa shape index (κ3) is 3.68. The number of benzene rings is 1. The van der Waals surface area contributed by atoms with Crippen molar-refractivity contribution in [2.75, 3.05) is 23.3 Å². The molecule has 1 unspecified atom stereocenters. The smallest absolute Gasteiger partial charge is 0.244 e. The van der Waals surface area contributed by atoms with Crippen LogP contribution < -0.4 is 10.2 Å². The fraction of sp³-hybridized carbons (Fsp3) is 0.438. The van der Waals surface area contributed by atoms with Crippen LogP contribution in [0.2, 0.25) is 0 Å². The summed E-state index contributed by atoms with van der Waals surface area (Å²) in [5.41, 5.74) is 1.21. The topological polar surface area (TPSA) is 53.9 Å². The molecule has 1 saturated heterocycles. The number of anilines is 2. The lowest BCUT2D eigenvalue weighted by atomic mass is 10.0. The Morgan fingerprint density at radius 1 is 1.29 bits per heavy atom. The maximum atomic E-state index is 4.59. The van der Waals surface area contributed by atoms with Gasteiger partial charge in [0.05, 0.1) is 6.20 Å². The second kappa shape index (κ2) is 6.52. The van der Waals surface area contributed by atoms with Crippen molar-refractivity contribution in [1.29, 1.82) is 0 Å². The maximum absolute atomic E-state index is 4.59. The van der Waals surface area contributed by atoms with E-state index in [1.165, 1.54) is 18.4 Å². The molecular formula is C16H21N5. The van der Waals surface area contributed by atoms with E-state index in [1.54, 1.807) is 6.20 Å². The predicted octanol–water partition coefficient (Wildman–Crippen LogP) is 2.72. The van der Waals surface area contributed by atoms with Gasteiger partial charge in [-0.3, -0.25) is 0 Å². The Bertz CT molecular complexity index is 572. The molecule has 0 aliphatic carbocycles. The van der Waals surface area contributed by atoms with Gasteiger partial charge in [0.15, 0.2) is 5.82 Å². The molecular weight excluding hydrogens is 262 g/mol. The number of rotatable bonds is 4. The molecule has 1 aromatic carbocycles. The molecule has 0 amide bonds. The summed E-state index contributed by atoms with van der Waals surface area (Å²) in [6.07, 6.45) is 4.28. The van der Waals surface area contributed by atoms with E-state index in [4.69, 9.17) is 0 Å². The van der Waals surface area contributed by atoms with E-state index in [-0.39, 0.29) is 0 Å². The average Bonchev–Trinajstić information content (AvgIpc) is 2.54. The highest BCUT2D eigenvalue weighted by molar-refractivity contribution is 5.41. The summed E-state index contributed by atoms with van der Waals surface area (Å²) in [6.45, 7) is 5.11. The lowest BCUT2D eigenvalue weighted by Crippen LogP contribution is -2.35. The summed E-state index contributed by atoms with van der Waals surface area (Å²) in [5, 5.41) is 11.4. The second-order valence-electron chi connectivity index (χ2n) is 5.67. The minimum atomic E-state index is 0.592. The fourth-order valence-electron chi connectivity index (χ4n) is 2.70.